The number of rotatable bonds is 1. The van der Waals surface area contributed by atoms with Crippen molar-refractivity contribution < 1.29 is 4.39 Å². The number of hydrogen-bond donors (Lipinski definition) is 1. The molecule has 5 nitrogen and oxygen atoms in total. The van der Waals surface area contributed by atoms with Crippen molar-refractivity contribution in [3.8, 4) is 11.5 Å². The summed E-state index contributed by atoms with van der Waals surface area (Å²) in [6.45, 7) is 0. The molecule has 2 aromatic heterocycles. The van der Waals surface area contributed by atoms with Gasteiger partial charge in [0.2, 0.25) is 5.95 Å². The highest BCUT2D eigenvalue weighted by molar-refractivity contribution is 9.10. The van der Waals surface area contributed by atoms with Gasteiger partial charge in [-0.25, -0.2) is 4.98 Å². The van der Waals surface area contributed by atoms with E-state index in [0.29, 0.717) is 5.69 Å². The highest BCUT2D eigenvalue weighted by Crippen LogP contribution is 2.15. The van der Waals surface area contributed by atoms with Crippen LogP contribution in [0.2, 0.25) is 0 Å². The number of halogens is 2. The molecule has 2 heterocycles. The van der Waals surface area contributed by atoms with Crippen LogP contribution >= 0.6 is 15.9 Å². The Labute approximate surface area is 80.5 Å². The Balaban J connectivity index is 2.49. The molecule has 0 fully saturated rings. The molecular formula is C6H3BrFN5. The quantitative estimate of drug-likeness (QED) is 0.764. The van der Waals surface area contributed by atoms with E-state index < -0.39 is 5.95 Å². The van der Waals surface area contributed by atoms with E-state index in [9.17, 15) is 4.39 Å². The molecule has 0 aliphatic rings. The molecule has 0 aliphatic heterocycles. The third-order valence-corrected chi connectivity index (χ3v) is 1.88. The predicted octanol–water partition coefficient (Wildman–Crippen LogP) is 1.16. The van der Waals surface area contributed by atoms with E-state index in [4.69, 9.17) is 0 Å². The molecule has 0 atom stereocenters. The summed E-state index contributed by atoms with van der Waals surface area (Å²) in [5.74, 6) is -0.414. The van der Waals surface area contributed by atoms with Gasteiger partial charge in [0, 0.05) is 6.20 Å². The lowest BCUT2D eigenvalue weighted by atomic mass is 10.4. The monoisotopic (exact) mass is 243 g/mol. The minimum absolute atomic E-state index is 0.203. The number of aromatic nitrogens is 5. The van der Waals surface area contributed by atoms with Crippen LogP contribution in [0.4, 0.5) is 4.39 Å². The first-order chi connectivity index (χ1) is 6.27. The van der Waals surface area contributed by atoms with Gasteiger partial charge in [0.1, 0.15) is 5.69 Å². The highest BCUT2D eigenvalue weighted by atomic mass is 79.9. The SMILES string of the molecule is Fc1nc(-c2cn[nH]n2)ncc1Br. The van der Waals surface area contributed by atoms with Crippen LogP contribution in [0.3, 0.4) is 0 Å². The number of nitrogens with one attached hydrogen (secondary N) is 1. The van der Waals surface area contributed by atoms with Crippen molar-refractivity contribution in [1.82, 2.24) is 25.4 Å². The molecule has 0 saturated heterocycles. The smallest absolute Gasteiger partial charge is 0.230 e. The fourth-order valence-electron chi connectivity index (χ4n) is 0.779. The molecule has 0 spiro atoms. The van der Waals surface area contributed by atoms with Crippen molar-refractivity contribution in [1.29, 1.82) is 0 Å². The molecule has 2 rings (SSSR count). The van der Waals surface area contributed by atoms with E-state index in [1.165, 1.54) is 12.4 Å². The van der Waals surface area contributed by atoms with Crippen LogP contribution in [-0.4, -0.2) is 25.4 Å². The van der Waals surface area contributed by atoms with Gasteiger partial charge in [0.05, 0.1) is 10.7 Å². The van der Waals surface area contributed by atoms with Crippen LogP contribution in [0, 0.1) is 5.95 Å². The average molecular weight is 244 g/mol. The summed E-state index contributed by atoms with van der Waals surface area (Å²) in [4.78, 5) is 7.43. The maximum absolute atomic E-state index is 12.9. The number of hydrogen-bond acceptors (Lipinski definition) is 4. The molecule has 0 radical (unpaired) electrons. The fourth-order valence-corrected chi connectivity index (χ4v) is 0.970. The second-order valence-electron chi connectivity index (χ2n) is 2.19. The summed E-state index contributed by atoms with van der Waals surface area (Å²) in [5, 5.41) is 9.66. The lowest BCUT2D eigenvalue weighted by molar-refractivity contribution is 0.574. The van der Waals surface area contributed by atoms with Crippen LogP contribution in [0.25, 0.3) is 11.5 Å². The minimum Gasteiger partial charge on any atom is -0.234 e. The van der Waals surface area contributed by atoms with Gasteiger partial charge >= 0.3 is 0 Å². The molecule has 7 heteroatoms. The summed E-state index contributed by atoms with van der Waals surface area (Å²) in [5.41, 5.74) is 0.409. The summed E-state index contributed by atoms with van der Waals surface area (Å²) < 4.78 is 13.1. The number of H-pyrrole nitrogens is 1. The molecule has 0 amide bonds. The van der Waals surface area contributed by atoms with Crippen molar-refractivity contribution in [3.63, 3.8) is 0 Å². The molecule has 0 unspecified atom stereocenters. The van der Waals surface area contributed by atoms with E-state index in [0.717, 1.165) is 0 Å². The number of nitrogens with zero attached hydrogens (tertiary/aromatic N) is 4. The maximum Gasteiger partial charge on any atom is 0.230 e. The van der Waals surface area contributed by atoms with Crippen molar-refractivity contribution >= 4 is 15.9 Å². The summed E-state index contributed by atoms with van der Waals surface area (Å²) in [7, 11) is 0. The van der Waals surface area contributed by atoms with Gasteiger partial charge in [-0.2, -0.15) is 24.8 Å². The first kappa shape index (κ1) is 8.24. The van der Waals surface area contributed by atoms with Gasteiger partial charge in [-0.15, -0.1) is 0 Å². The second kappa shape index (κ2) is 3.17. The van der Waals surface area contributed by atoms with Crippen LogP contribution in [0.15, 0.2) is 16.9 Å². The molecule has 2 aromatic rings. The molecule has 0 saturated carbocycles. The molecular weight excluding hydrogens is 241 g/mol. The Morgan fingerprint density at radius 2 is 2.23 bits per heavy atom. The predicted molar refractivity (Wildman–Crippen MR) is 45.1 cm³/mol. The van der Waals surface area contributed by atoms with Gasteiger partial charge in [0.25, 0.3) is 0 Å². The van der Waals surface area contributed by atoms with Crippen molar-refractivity contribution in [2.45, 2.75) is 0 Å². The Hall–Kier alpha value is -1.37. The van der Waals surface area contributed by atoms with Gasteiger partial charge in [-0.05, 0) is 15.9 Å². The minimum atomic E-state index is -0.618. The molecule has 0 bridgehead atoms. The first-order valence-electron chi connectivity index (χ1n) is 3.31. The zero-order valence-corrected chi connectivity index (χ0v) is 7.79. The van der Waals surface area contributed by atoms with Crippen LogP contribution in [-0.2, 0) is 0 Å². The molecule has 0 aliphatic carbocycles. The van der Waals surface area contributed by atoms with Crippen LogP contribution in [0.1, 0.15) is 0 Å². The van der Waals surface area contributed by atoms with Crippen molar-refractivity contribution in [2.75, 3.05) is 0 Å². The van der Waals surface area contributed by atoms with E-state index in [1.807, 2.05) is 0 Å². The third kappa shape index (κ3) is 1.55. The highest BCUT2D eigenvalue weighted by Gasteiger charge is 2.07. The Kier molecular flexibility index (Phi) is 2.01. The zero-order valence-electron chi connectivity index (χ0n) is 6.20. The Morgan fingerprint density at radius 3 is 2.85 bits per heavy atom. The normalized spacial score (nSPS) is 10.3. The molecule has 66 valence electrons. The fraction of sp³-hybridized carbons (Fsp3) is 0. The topological polar surface area (TPSA) is 67.3 Å². The van der Waals surface area contributed by atoms with Gasteiger partial charge in [-0.3, -0.25) is 0 Å². The van der Waals surface area contributed by atoms with Gasteiger partial charge < -0.3 is 0 Å². The standard InChI is InChI=1S/C6H3BrFN5/c7-3-1-9-6(11-5(3)8)4-2-10-13-12-4/h1-2H,(H,10,12,13). The summed E-state index contributed by atoms with van der Waals surface area (Å²) in [6.07, 6.45) is 2.75. The Morgan fingerprint density at radius 1 is 1.38 bits per heavy atom. The second-order valence-corrected chi connectivity index (χ2v) is 3.04. The zero-order chi connectivity index (χ0) is 9.26. The van der Waals surface area contributed by atoms with Crippen molar-refractivity contribution in [2.24, 2.45) is 0 Å². The molecule has 0 aromatic carbocycles. The van der Waals surface area contributed by atoms with Crippen molar-refractivity contribution in [3.05, 3.63) is 22.8 Å². The largest absolute Gasteiger partial charge is 0.234 e. The van der Waals surface area contributed by atoms with E-state index in [2.05, 4.69) is 41.3 Å². The lowest BCUT2D eigenvalue weighted by Gasteiger charge is -1.94. The van der Waals surface area contributed by atoms with Gasteiger partial charge in [-0.1, -0.05) is 0 Å². The first-order valence-corrected chi connectivity index (χ1v) is 4.11. The maximum atomic E-state index is 12.9. The van der Waals surface area contributed by atoms with E-state index in [-0.39, 0.29) is 10.3 Å². The third-order valence-electron chi connectivity index (χ3n) is 1.35. The summed E-state index contributed by atoms with van der Waals surface area (Å²) in [6, 6.07) is 0. The molecule has 1 N–H and O–H groups in total. The van der Waals surface area contributed by atoms with E-state index >= 15 is 0 Å². The summed E-state index contributed by atoms with van der Waals surface area (Å²) >= 11 is 2.95. The Bertz CT molecular complexity index is 415. The van der Waals surface area contributed by atoms with Gasteiger partial charge in [0.15, 0.2) is 5.82 Å². The van der Waals surface area contributed by atoms with E-state index in [1.54, 1.807) is 0 Å². The van der Waals surface area contributed by atoms with Crippen LogP contribution < -0.4 is 0 Å². The molecule has 13 heavy (non-hydrogen) atoms. The lowest BCUT2D eigenvalue weighted by Crippen LogP contribution is -1.93. The average Bonchev–Trinajstić information content (AvgIpc) is 2.62. The van der Waals surface area contributed by atoms with Crippen LogP contribution in [0.5, 0.6) is 0 Å². The number of aromatic amines is 1.